The Morgan fingerprint density at radius 1 is 1.28 bits per heavy atom. The monoisotopic (exact) mass is 239 g/mol. The van der Waals surface area contributed by atoms with Crippen LogP contribution in [0.1, 0.15) is 16.7 Å². The molecule has 2 rings (SSSR count). The van der Waals surface area contributed by atoms with E-state index in [4.69, 9.17) is 15.7 Å². The Bertz CT molecular complexity index is 629. The summed E-state index contributed by atoms with van der Waals surface area (Å²) in [6, 6.07) is 9.32. The third-order valence-electron chi connectivity index (χ3n) is 2.84. The van der Waals surface area contributed by atoms with E-state index in [0.29, 0.717) is 11.3 Å². The van der Waals surface area contributed by atoms with Crippen LogP contribution in [-0.2, 0) is 0 Å². The average Bonchev–Trinajstić information content (AvgIpc) is 2.37. The second kappa shape index (κ2) is 4.76. The van der Waals surface area contributed by atoms with E-state index in [1.54, 1.807) is 6.07 Å². The number of hydrogen-bond acceptors (Lipinski definition) is 4. The molecule has 0 aliphatic heterocycles. The number of pyridine rings is 1. The molecule has 4 nitrogen and oxygen atoms in total. The topological polar surface area (TPSA) is 71.9 Å². The highest BCUT2D eigenvalue weighted by Gasteiger charge is 2.10. The summed E-state index contributed by atoms with van der Waals surface area (Å²) in [6.45, 7) is 3.97. The van der Waals surface area contributed by atoms with Gasteiger partial charge in [0.2, 0.25) is 5.88 Å². The molecule has 0 radical (unpaired) electrons. The summed E-state index contributed by atoms with van der Waals surface area (Å²) >= 11 is 0. The zero-order chi connectivity index (χ0) is 13.1. The van der Waals surface area contributed by atoms with Crippen molar-refractivity contribution >= 4 is 5.69 Å². The third kappa shape index (κ3) is 2.11. The first-order valence-electron chi connectivity index (χ1n) is 5.52. The van der Waals surface area contributed by atoms with Crippen molar-refractivity contribution in [2.45, 2.75) is 13.8 Å². The molecular formula is C14H13N3O. The first-order chi connectivity index (χ1) is 8.63. The predicted molar refractivity (Wildman–Crippen MR) is 69.4 cm³/mol. The van der Waals surface area contributed by atoms with Crippen LogP contribution < -0.4 is 10.5 Å². The fourth-order valence-corrected chi connectivity index (χ4v) is 1.57. The second-order valence-corrected chi connectivity index (χ2v) is 3.99. The quantitative estimate of drug-likeness (QED) is 0.874. The van der Waals surface area contributed by atoms with Crippen LogP contribution in [0.4, 0.5) is 5.69 Å². The molecule has 0 spiro atoms. The van der Waals surface area contributed by atoms with Crippen LogP contribution in [0.5, 0.6) is 11.6 Å². The second-order valence-electron chi connectivity index (χ2n) is 3.99. The first-order valence-corrected chi connectivity index (χ1v) is 5.52. The van der Waals surface area contributed by atoms with E-state index in [-0.39, 0.29) is 11.6 Å². The number of nitrogen functional groups attached to an aromatic ring is 1. The minimum atomic E-state index is 0.265. The highest BCUT2D eigenvalue weighted by atomic mass is 16.5. The Balaban J connectivity index is 2.41. The lowest BCUT2D eigenvalue weighted by Crippen LogP contribution is -1.99. The number of benzene rings is 1. The minimum absolute atomic E-state index is 0.265. The molecule has 0 saturated heterocycles. The smallest absolute Gasteiger partial charge is 0.244 e. The largest absolute Gasteiger partial charge is 0.437 e. The van der Waals surface area contributed by atoms with Crippen molar-refractivity contribution in [1.82, 2.24) is 4.98 Å². The predicted octanol–water partition coefficient (Wildman–Crippen LogP) is 2.94. The van der Waals surface area contributed by atoms with Gasteiger partial charge < -0.3 is 10.5 Å². The standard InChI is InChI=1S/C14H13N3O/c1-9-4-3-5-12(10(9)2)18-14-13(16)11(8-15)6-7-17-14/h3-7H,16H2,1-2H3. The van der Waals surface area contributed by atoms with Crippen LogP contribution >= 0.6 is 0 Å². The van der Waals surface area contributed by atoms with Gasteiger partial charge in [0.05, 0.1) is 5.56 Å². The highest BCUT2D eigenvalue weighted by Crippen LogP contribution is 2.30. The first kappa shape index (κ1) is 11.9. The van der Waals surface area contributed by atoms with Crippen LogP contribution in [0.15, 0.2) is 30.5 Å². The number of nitriles is 1. The van der Waals surface area contributed by atoms with Crippen molar-refractivity contribution in [3.05, 3.63) is 47.2 Å². The Morgan fingerprint density at radius 2 is 2.06 bits per heavy atom. The van der Waals surface area contributed by atoms with E-state index >= 15 is 0 Å². The molecule has 0 unspecified atom stereocenters. The number of aryl methyl sites for hydroxylation is 1. The molecule has 1 aromatic carbocycles. The summed E-state index contributed by atoms with van der Waals surface area (Å²) in [7, 11) is 0. The number of nitrogens with zero attached hydrogens (tertiary/aromatic N) is 2. The van der Waals surface area contributed by atoms with Crippen LogP contribution in [0.25, 0.3) is 0 Å². The van der Waals surface area contributed by atoms with Gasteiger partial charge in [0.15, 0.2) is 0 Å². The molecule has 0 amide bonds. The van der Waals surface area contributed by atoms with Crippen molar-refractivity contribution in [1.29, 1.82) is 5.26 Å². The molecule has 2 aromatic rings. The van der Waals surface area contributed by atoms with Crippen LogP contribution in [-0.4, -0.2) is 4.98 Å². The van der Waals surface area contributed by atoms with E-state index in [0.717, 1.165) is 11.1 Å². The van der Waals surface area contributed by atoms with Crippen LogP contribution in [0.3, 0.4) is 0 Å². The molecule has 1 aromatic heterocycles. The number of hydrogen-bond donors (Lipinski definition) is 1. The van der Waals surface area contributed by atoms with Gasteiger partial charge in [-0.1, -0.05) is 12.1 Å². The van der Waals surface area contributed by atoms with Crippen molar-refractivity contribution in [2.24, 2.45) is 0 Å². The zero-order valence-corrected chi connectivity index (χ0v) is 10.3. The van der Waals surface area contributed by atoms with Crippen LogP contribution in [0.2, 0.25) is 0 Å². The van der Waals surface area contributed by atoms with E-state index in [9.17, 15) is 0 Å². The van der Waals surface area contributed by atoms with Crippen molar-refractivity contribution < 1.29 is 4.74 Å². The molecular weight excluding hydrogens is 226 g/mol. The average molecular weight is 239 g/mol. The molecule has 2 N–H and O–H groups in total. The maximum Gasteiger partial charge on any atom is 0.244 e. The van der Waals surface area contributed by atoms with Gasteiger partial charge in [0, 0.05) is 6.20 Å². The molecule has 0 saturated carbocycles. The third-order valence-corrected chi connectivity index (χ3v) is 2.84. The van der Waals surface area contributed by atoms with Gasteiger partial charge >= 0.3 is 0 Å². The molecule has 90 valence electrons. The summed E-state index contributed by atoms with van der Waals surface area (Å²) in [5.41, 5.74) is 8.61. The lowest BCUT2D eigenvalue weighted by Gasteiger charge is -2.11. The molecule has 18 heavy (non-hydrogen) atoms. The Hall–Kier alpha value is -2.54. The Morgan fingerprint density at radius 3 is 2.78 bits per heavy atom. The van der Waals surface area contributed by atoms with E-state index in [1.165, 1.54) is 6.20 Å². The Kier molecular flexibility index (Phi) is 3.16. The van der Waals surface area contributed by atoms with Gasteiger partial charge in [-0.25, -0.2) is 4.98 Å². The molecule has 0 fully saturated rings. The van der Waals surface area contributed by atoms with E-state index in [2.05, 4.69) is 4.98 Å². The number of rotatable bonds is 2. The fraction of sp³-hybridized carbons (Fsp3) is 0.143. The zero-order valence-electron chi connectivity index (χ0n) is 10.3. The summed E-state index contributed by atoms with van der Waals surface area (Å²) in [5.74, 6) is 0.965. The number of aromatic nitrogens is 1. The maximum atomic E-state index is 8.89. The van der Waals surface area contributed by atoms with Crippen molar-refractivity contribution in [3.63, 3.8) is 0 Å². The van der Waals surface area contributed by atoms with Gasteiger partial charge in [0.25, 0.3) is 0 Å². The number of ether oxygens (including phenoxy) is 1. The normalized spacial score (nSPS) is 9.83. The summed E-state index contributed by atoms with van der Waals surface area (Å²) in [6.07, 6.45) is 1.51. The summed E-state index contributed by atoms with van der Waals surface area (Å²) < 4.78 is 5.68. The van der Waals surface area contributed by atoms with E-state index < -0.39 is 0 Å². The van der Waals surface area contributed by atoms with Crippen LogP contribution in [0, 0.1) is 25.2 Å². The molecule has 1 heterocycles. The van der Waals surface area contributed by atoms with Gasteiger partial charge in [-0.3, -0.25) is 0 Å². The number of nitrogens with two attached hydrogens (primary N) is 1. The SMILES string of the molecule is Cc1cccc(Oc2nccc(C#N)c2N)c1C. The summed E-state index contributed by atoms with van der Waals surface area (Å²) in [4.78, 5) is 4.05. The van der Waals surface area contributed by atoms with Gasteiger partial charge in [-0.05, 0) is 37.1 Å². The molecule has 0 aliphatic rings. The highest BCUT2D eigenvalue weighted by molar-refractivity contribution is 5.61. The Labute approximate surface area is 106 Å². The van der Waals surface area contributed by atoms with Gasteiger partial charge in [0.1, 0.15) is 17.5 Å². The molecule has 0 aliphatic carbocycles. The summed E-state index contributed by atoms with van der Waals surface area (Å²) in [5, 5.41) is 8.89. The molecule has 0 bridgehead atoms. The fourth-order valence-electron chi connectivity index (χ4n) is 1.57. The van der Waals surface area contributed by atoms with Crippen molar-refractivity contribution in [3.8, 4) is 17.7 Å². The van der Waals surface area contributed by atoms with Gasteiger partial charge in [-0.2, -0.15) is 5.26 Å². The lowest BCUT2D eigenvalue weighted by atomic mass is 10.1. The number of anilines is 1. The van der Waals surface area contributed by atoms with E-state index in [1.807, 2.05) is 38.1 Å². The maximum absolute atomic E-state index is 8.89. The minimum Gasteiger partial charge on any atom is -0.437 e. The van der Waals surface area contributed by atoms with Gasteiger partial charge in [-0.15, -0.1) is 0 Å². The molecule has 4 heteroatoms. The molecule has 0 atom stereocenters. The van der Waals surface area contributed by atoms with Crippen molar-refractivity contribution in [2.75, 3.05) is 5.73 Å². The lowest BCUT2D eigenvalue weighted by molar-refractivity contribution is 0.461.